The van der Waals surface area contributed by atoms with Gasteiger partial charge in [0.25, 0.3) is 5.91 Å². The van der Waals surface area contributed by atoms with Gasteiger partial charge in [0, 0.05) is 5.56 Å². The van der Waals surface area contributed by atoms with Gasteiger partial charge in [0.15, 0.2) is 11.5 Å². The highest BCUT2D eigenvalue weighted by Gasteiger charge is 2.18. The largest absolute Gasteiger partial charge is 0.493 e. The molecule has 3 aromatic rings. The Bertz CT molecular complexity index is 987. The fourth-order valence-corrected chi connectivity index (χ4v) is 2.95. The number of carbonyl (C=O) groups excluding carboxylic acids is 1. The van der Waals surface area contributed by atoms with Crippen molar-refractivity contribution in [2.24, 2.45) is 0 Å². The molecule has 0 atom stereocenters. The first kappa shape index (κ1) is 21.2. The Kier molecular flexibility index (Phi) is 6.56. The second-order valence-electron chi connectivity index (χ2n) is 6.94. The molecule has 0 saturated heterocycles. The van der Waals surface area contributed by atoms with Crippen molar-refractivity contribution in [1.82, 2.24) is 10.2 Å². The van der Waals surface area contributed by atoms with Crippen molar-refractivity contribution in [1.29, 1.82) is 0 Å². The summed E-state index contributed by atoms with van der Waals surface area (Å²) in [5.41, 5.74) is 2.61. The highest BCUT2D eigenvalue weighted by Crippen LogP contribution is 2.38. The van der Waals surface area contributed by atoms with Crippen molar-refractivity contribution in [2.75, 3.05) is 26.6 Å². The van der Waals surface area contributed by atoms with Crippen LogP contribution in [-0.2, 0) is 6.42 Å². The van der Waals surface area contributed by atoms with Crippen molar-refractivity contribution >= 4 is 11.9 Å². The molecule has 2 aromatic carbocycles. The Hall–Kier alpha value is -3.55. The first-order valence-corrected chi connectivity index (χ1v) is 9.47. The van der Waals surface area contributed by atoms with Crippen LogP contribution in [0.15, 0.2) is 40.8 Å². The van der Waals surface area contributed by atoms with Gasteiger partial charge in [0.05, 0.1) is 27.8 Å². The minimum Gasteiger partial charge on any atom is -0.493 e. The monoisotopic (exact) mass is 411 g/mol. The fraction of sp³-hybridized carbons (Fsp3) is 0.318. The van der Waals surface area contributed by atoms with E-state index in [0.29, 0.717) is 41.0 Å². The van der Waals surface area contributed by atoms with Crippen molar-refractivity contribution in [2.45, 2.75) is 26.2 Å². The molecule has 8 heteroatoms. The van der Waals surface area contributed by atoms with E-state index in [2.05, 4.69) is 41.5 Å². The molecule has 0 bridgehead atoms. The second kappa shape index (κ2) is 9.30. The molecule has 0 fully saturated rings. The van der Waals surface area contributed by atoms with E-state index in [1.54, 1.807) is 12.1 Å². The summed E-state index contributed by atoms with van der Waals surface area (Å²) in [6.45, 7) is 4.30. The van der Waals surface area contributed by atoms with E-state index in [-0.39, 0.29) is 6.01 Å². The van der Waals surface area contributed by atoms with Gasteiger partial charge in [0.2, 0.25) is 11.6 Å². The van der Waals surface area contributed by atoms with Crippen molar-refractivity contribution < 1.29 is 23.4 Å². The van der Waals surface area contributed by atoms with Crippen LogP contribution in [-0.4, -0.2) is 37.4 Å². The Morgan fingerprint density at radius 3 is 2.17 bits per heavy atom. The van der Waals surface area contributed by atoms with Crippen LogP contribution in [0.5, 0.6) is 17.2 Å². The zero-order valence-electron chi connectivity index (χ0n) is 17.7. The van der Waals surface area contributed by atoms with Crippen molar-refractivity contribution in [3.63, 3.8) is 0 Å². The maximum atomic E-state index is 12.6. The van der Waals surface area contributed by atoms with Gasteiger partial charge in [-0.3, -0.25) is 10.1 Å². The molecule has 0 saturated carbocycles. The molecule has 1 amide bonds. The molecule has 0 aliphatic carbocycles. The molecule has 0 aliphatic rings. The Morgan fingerprint density at radius 1 is 1.00 bits per heavy atom. The van der Waals surface area contributed by atoms with Crippen molar-refractivity contribution in [3.05, 3.63) is 59.0 Å². The maximum absolute atomic E-state index is 12.6. The number of amides is 1. The second-order valence-corrected chi connectivity index (χ2v) is 6.94. The molecular formula is C22H25N3O5. The predicted molar refractivity (Wildman–Crippen MR) is 112 cm³/mol. The average Bonchev–Trinajstić information content (AvgIpc) is 3.19. The van der Waals surface area contributed by atoms with Gasteiger partial charge in [0.1, 0.15) is 0 Å². The lowest BCUT2D eigenvalue weighted by atomic mass is 10.0. The van der Waals surface area contributed by atoms with Gasteiger partial charge in [-0.05, 0) is 29.2 Å². The summed E-state index contributed by atoms with van der Waals surface area (Å²) in [4.78, 5) is 12.6. The van der Waals surface area contributed by atoms with E-state index in [0.717, 1.165) is 5.56 Å². The third-order valence-electron chi connectivity index (χ3n) is 4.62. The van der Waals surface area contributed by atoms with Crippen molar-refractivity contribution in [3.8, 4) is 17.2 Å². The lowest BCUT2D eigenvalue weighted by molar-refractivity contribution is 0.102. The standard InChI is InChI=1S/C22H25N3O5/c1-13(2)15-8-6-14(7-9-15)10-19-24-25-22(30-19)23-21(26)16-11-17(27-3)20(29-5)18(12-16)28-4/h6-9,11-13H,10H2,1-5H3,(H,23,25,26). The number of hydrogen-bond acceptors (Lipinski definition) is 7. The third kappa shape index (κ3) is 4.71. The van der Waals surface area contributed by atoms with Crippen LogP contribution in [0.4, 0.5) is 6.01 Å². The van der Waals surface area contributed by atoms with E-state index < -0.39 is 5.91 Å². The number of methoxy groups -OCH3 is 3. The lowest BCUT2D eigenvalue weighted by Gasteiger charge is -2.13. The number of nitrogens with one attached hydrogen (secondary N) is 1. The van der Waals surface area contributed by atoms with Gasteiger partial charge in [-0.2, -0.15) is 0 Å². The van der Waals surface area contributed by atoms with E-state index in [1.165, 1.54) is 26.9 Å². The molecule has 30 heavy (non-hydrogen) atoms. The lowest BCUT2D eigenvalue weighted by Crippen LogP contribution is -2.13. The molecule has 158 valence electrons. The fourth-order valence-electron chi connectivity index (χ4n) is 2.95. The Balaban J connectivity index is 1.72. The Labute approximate surface area is 175 Å². The molecular weight excluding hydrogens is 386 g/mol. The smallest absolute Gasteiger partial charge is 0.322 e. The molecule has 0 spiro atoms. The first-order valence-electron chi connectivity index (χ1n) is 9.47. The summed E-state index contributed by atoms with van der Waals surface area (Å²) in [6.07, 6.45) is 0.478. The summed E-state index contributed by atoms with van der Waals surface area (Å²) in [7, 11) is 4.46. The quantitative estimate of drug-likeness (QED) is 0.597. The molecule has 0 aliphatic heterocycles. The van der Waals surface area contributed by atoms with Crippen LogP contribution in [0, 0.1) is 0 Å². The predicted octanol–water partition coefficient (Wildman–Crippen LogP) is 4.06. The van der Waals surface area contributed by atoms with E-state index in [4.69, 9.17) is 18.6 Å². The average molecular weight is 411 g/mol. The number of aromatic nitrogens is 2. The van der Waals surface area contributed by atoms with Gasteiger partial charge in [-0.15, -0.1) is 5.10 Å². The summed E-state index contributed by atoms with van der Waals surface area (Å²) >= 11 is 0. The van der Waals surface area contributed by atoms with Crippen LogP contribution < -0.4 is 19.5 Å². The van der Waals surface area contributed by atoms with Gasteiger partial charge < -0.3 is 18.6 Å². The molecule has 1 aromatic heterocycles. The SMILES string of the molecule is COc1cc(C(=O)Nc2nnc(Cc3ccc(C(C)C)cc3)o2)cc(OC)c1OC. The molecule has 8 nitrogen and oxygen atoms in total. The first-order chi connectivity index (χ1) is 14.4. The number of ether oxygens (including phenoxy) is 3. The summed E-state index contributed by atoms with van der Waals surface area (Å²) < 4.78 is 21.4. The molecule has 3 rings (SSSR count). The zero-order valence-corrected chi connectivity index (χ0v) is 17.7. The normalized spacial score (nSPS) is 10.7. The number of nitrogens with zero attached hydrogens (tertiary/aromatic N) is 2. The Morgan fingerprint density at radius 2 is 1.63 bits per heavy atom. The van der Waals surface area contributed by atoms with Crippen LogP contribution in [0.2, 0.25) is 0 Å². The number of rotatable bonds is 8. The molecule has 1 N–H and O–H groups in total. The molecule has 1 heterocycles. The highest BCUT2D eigenvalue weighted by molar-refractivity contribution is 6.04. The van der Waals surface area contributed by atoms with Gasteiger partial charge in [-0.1, -0.05) is 43.2 Å². The van der Waals surface area contributed by atoms with Crippen LogP contribution >= 0.6 is 0 Å². The van der Waals surface area contributed by atoms with Gasteiger partial charge >= 0.3 is 6.01 Å². The van der Waals surface area contributed by atoms with Crippen LogP contribution in [0.25, 0.3) is 0 Å². The third-order valence-corrected chi connectivity index (χ3v) is 4.62. The number of carbonyl (C=O) groups is 1. The summed E-state index contributed by atoms with van der Waals surface area (Å²) in [5.74, 6) is 1.59. The number of benzene rings is 2. The molecule has 0 unspecified atom stereocenters. The zero-order chi connectivity index (χ0) is 21.7. The van der Waals surface area contributed by atoms with Gasteiger partial charge in [-0.25, -0.2) is 0 Å². The minimum atomic E-state index is -0.439. The maximum Gasteiger partial charge on any atom is 0.322 e. The summed E-state index contributed by atoms with van der Waals surface area (Å²) in [6, 6.07) is 11.4. The van der Waals surface area contributed by atoms with Crippen LogP contribution in [0.1, 0.15) is 47.1 Å². The van der Waals surface area contributed by atoms with E-state index in [1.807, 2.05) is 12.1 Å². The number of anilines is 1. The number of hydrogen-bond donors (Lipinski definition) is 1. The summed E-state index contributed by atoms with van der Waals surface area (Å²) in [5, 5.41) is 10.5. The van der Waals surface area contributed by atoms with Crippen LogP contribution in [0.3, 0.4) is 0 Å². The molecule has 0 radical (unpaired) electrons. The van der Waals surface area contributed by atoms with E-state index >= 15 is 0 Å². The van der Waals surface area contributed by atoms with E-state index in [9.17, 15) is 4.79 Å². The highest BCUT2D eigenvalue weighted by atomic mass is 16.5. The minimum absolute atomic E-state index is 0.0163. The topological polar surface area (TPSA) is 95.7 Å².